The minimum atomic E-state index is -0.549. The summed E-state index contributed by atoms with van der Waals surface area (Å²) in [5, 5.41) is 0. The number of esters is 1. The molecule has 0 heterocycles. The molecule has 19 heavy (non-hydrogen) atoms. The molecule has 0 bridgehead atoms. The van der Waals surface area contributed by atoms with E-state index in [1.54, 1.807) is 6.08 Å². The number of benzene rings is 1. The molecule has 1 rings (SSSR count). The van der Waals surface area contributed by atoms with Gasteiger partial charge in [-0.05, 0) is 38.7 Å². The average molecular weight is 260 g/mol. The first-order valence-corrected chi connectivity index (χ1v) is 6.97. The van der Waals surface area contributed by atoms with E-state index >= 15 is 0 Å². The minimum Gasteiger partial charge on any atom is -0.465 e. The predicted molar refractivity (Wildman–Crippen MR) is 78.9 cm³/mol. The fraction of sp³-hybridized carbons (Fsp3) is 0.471. The Bertz CT molecular complexity index is 397. The smallest absolute Gasteiger partial charge is 0.315 e. The molecule has 0 spiro atoms. The molecule has 104 valence electrons. The Morgan fingerprint density at radius 2 is 2.00 bits per heavy atom. The van der Waals surface area contributed by atoms with Crippen LogP contribution in [0.15, 0.2) is 43.0 Å². The number of hydrogen-bond donors (Lipinski definition) is 0. The van der Waals surface area contributed by atoms with Gasteiger partial charge in [0.2, 0.25) is 0 Å². The quantitative estimate of drug-likeness (QED) is 0.398. The first kappa shape index (κ1) is 15.5. The van der Waals surface area contributed by atoms with E-state index in [-0.39, 0.29) is 5.97 Å². The maximum atomic E-state index is 11.9. The number of unbranched alkanes of at least 4 members (excludes halogenated alkanes) is 1. The normalized spacial score (nSPS) is 13.6. The summed E-state index contributed by atoms with van der Waals surface area (Å²) >= 11 is 0. The number of hydrogen-bond acceptors (Lipinski definition) is 2. The van der Waals surface area contributed by atoms with Crippen LogP contribution in [0.5, 0.6) is 0 Å². The Hall–Kier alpha value is -1.57. The van der Waals surface area contributed by atoms with Gasteiger partial charge in [-0.3, -0.25) is 4.79 Å². The zero-order valence-electron chi connectivity index (χ0n) is 12.0. The predicted octanol–water partition coefficient (Wildman–Crippen LogP) is 4.15. The summed E-state index contributed by atoms with van der Waals surface area (Å²) in [6.45, 7) is 7.93. The summed E-state index contributed by atoms with van der Waals surface area (Å²) in [5.74, 6) is -0.162. The van der Waals surface area contributed by atoms with E-state index in [1.807, 2.05) is 19.9 Å². The first-order valence-electron chi connectivity index (χ1n) is 6.97. The van der Waals surface area contributed by atoms with Crippen molar-refractivity contribution < 1.29 is 9.53 Å². The van der Waals surface area contributed by atoms with Crippen LogP contribution in [0.2, 0.25) is 0 Å². The molecule has 0 fully saturated rings. The molecule has 1 aromatic rings. The highest BCUT2D eigenvalue weighted by Gasteiger charge is 2.30. The lowest BCUT2D eigenvalue weighted by Crippen LogP contribution is -2.27. The lowest BCUT2D eigenvalue weighted by molar-refractivity contribution is -0.151. The zero-order valence-corrected chi connectivity index (χ0v) is 12.0. The molecule has 1 aromatic carbocycles. The van der Waals surface area contributed by atoms with Crippen LogP contribution in [-0.4, -0.2) is 12.6 Å². The fourth-order valence-electron chi connectivity index (χ4n) is 2.05. The number of carbonyl (C=O) groups is 1. The molecule has 1 atom stereocenters. The lowest BCUT2D eigenvalue weighted by atomic mass is 9.84. The molecular weight excluding hydrogens is 236 g/mol. The van der Waals surface area contributed by atoms with Crippen molar-refractivity contribution in [2.24, 2.45) is 5.41 Å². The minimum absolute atomic E-state index is 0.162. The van der Waals surface area contributed by atoms with Gasteiger partial charge >= 0.3 is 5.97 Å². The van der Waals surface area contributed by atoms with E-state index in [0.29, 0.717) is 6.61 Å². The Kier molecular flexibility index (Phi) is 6.34. The van der Waals surface area contributed by atoms with Gasteiger partial charge in [-0.25, -0.2) is 0 Å². The second-order valence-corrected chi connectivity index (χ2v) is 5.03. The summed E-state index contributed by atoms with van der Waals surface area (Å²) in [4.78, 5) is 11.9. The molecule has 0 amide bonds. The van der Waals surface area contributed by atoms with Crippen LogP contribution in [-0.2, 0) is 16.0 Å². The van der Waals surface area contributed by atoms with Gasteiger partial charge < -0.3 is 4.74 Å². The van der Waals surface area contributed by atoms with Crippen molar-refractivity contribution in [3.8, 4) is 0 Å². The van der Waals surface area contributed by atoms with Crippen molar-refractivity contribution >= 4 is 5.97 Å². The Balaban J connectivity index is 2.37. The van der Waals surface area contributed by atoms with E-state index in [4.69, 9.17) is 4.74 Å². The Morgan fingerprint density at radius 1 is 1.32 bits per heavy atom. The van der Waals surface area contributed by atoms with E-state index in [1.165, 1.54) is 5.56 Å². The monoisotopic (exact) mass is 260 g/mol. The van der Waals surface area contributed by atoms with Gasteiger partial charge in [0, 0.05) is 0 Å². The maximum absolute atomic E-state index is 11.9. The lowest BCUT2D eigenvalue weighted by Gasteiger charge is -2.23. The molecule has 0 aliphatic heterocycles. The van der Waals surface area contributed by atoms with Crippen LogP contribution < -0.4 is 0 Å². The van der Waals surface area contributed by atoms with Gasteiger partial charge in [-0.2, -0.15) is 0 Å². The second kappa shape index (κ2) is 7.78. The standard InChI is InChI=1S/C17H24O2/c1-4-17(3,16(18)19-5-2)14-10-9-13-15-11-7-6-8-12-15/h4,6-8,11-12H,1,5,9-10,13-14H2,2-3H3. The molecular formula is C17H24O2. The molecule has 2 heteroatoms. The van der Waals surface area contributed by atoms with Gasteiger partial charge in [0.15, 0.2) is 0 Å². The Labute approximate surface area is 116 Å². The first-order chi connectivity index (χ1) is 9.12. The summed E-state index contributed by atoms with van der Waals surface area (Å²) in [6, 6.07) is 10.4. The van der Waals surface area contributed by atoms with Gasteiger partial charge in [0.05, 0.1) is 12.0 Å². The zero-order chi connectivity index (χ0) is 14.1. The maximum Gasteiger partial charge on any atom is 0.315 e. The summed E-state index contributed by atoms with van der Waals surface area (Å²) < 4.78 is 5.10. The Morgan fingerprint density at radius 3 is 2.58 bits per heavy atom. The third kappa shape index (κ3) is 4.90. The molecule has 0 saturated carbocycles. The number of carbonyl (C=O) groups excluding carboxylic acids is 1. The molecule has 0 aromatic heterocycles. The van der Waals surface area contributed by atoms with Crippen LogP contribution in [0.4, 0.5) is 0 Å². The molecule has 0 N–H and O–H groups in total. The molecule has 2 nitrogen and oxygen atoms in total. The van der Waals surface area contributed by atoms with Crippen molar-refractivity contribution in [1.29, 1.82) is 0 Å². The SMILES string of the molecule is C=CC(C)(CCCCc1ccccc1)C(=O)OCC. The van der Waals surface area contributed by atoms with E-state index in [0.717, 1.165) is 25.7 Å². The van der Waals surface area contributed by atoms with E-state index in [2.05, 4.69) is 30.8 Å². The van der Waals surface area contributed by atoms with Crippen molar-refractivity contribution in [1.82, 2.24) is 0 Å². The van der Waals surface area contributed by atoms with Crippen LogP contribution >= 0.6 is 0 Å². The van der Waals surface area contributed by atoms with E-state index in [9.17, 15) is 4.79 Å². The van der Waals surface area contributed by atoms with Crippen LogP contribution in [0.1, 0.15) is 38.7 Å². The van der Waals surface area contributed by atoms with E-state index < -0.39 is 5.41 Å². The largest absolute Gasteiger partial charge is 0.465 e. The topological polar surface area (TPSA) is 26.3 Å². The number of ether oxygens (including phenoxy) is 1. The highest BCUT2D eigenvalue weighted by atomic mass is 16.5. The van der Waals surface area contributed by atoms with Crippen molar-refractivity contribution in [2.45, 2.75) is 39.5 Å². The number of rotatable bonds is 8. The van der Waals surface area contributed by atoms with Crippen molar-refractivity contribution in [2.75, 3.05) is 6.61 Å². The van der Waals surface area contributed by atoms with Crippen LogP contribution in [0.25, 0.3) is 0 Å². The van der Waals surface area contributed by atoms with Crippen molar-refractivity contribution in [3.63, 3.8) is 0 Å². The highest BCUT2D eigenvalue weighted by molar-refractivity contribution is 5.78. The summed E-state index contributed by atoms with van der Waals surface area (Å²) in [6.07, 6.45) is 5.63. The second-order valence-electron chi connectivity index (χ2n) is 5.03. The third-order valence-corrected chi connectivity index (χ3v) is 3.45. The molecule has 0 saturated heterocycles. The average Bonchev–Trinajstić information content (AvgIpc) is 2.44. The molecule has 0 radical (unpaired) electrons. The van der Waals surface area contributed by atoms with Crippen molar-refractivity contribution in [3.05, 3.63) is 48.6 Å². The van der Waals surface area contributed by atoms with Gasteiger partial charge in [0.25, 0.3) is 0 Å². The van der Waals surface area contributed by atoms with Crippen LogP contribution in [0, 0.1) is 5.41 Å². The number of aryl methyl sites for hydroxylation is 1. The van der Waals surface area contributed by atoms with Gasteiger partial charge in [-0.1, -0.05) is 42.8 Å². The highest BCUT2D eigenvalue weighted by Crippen LogP contribution is 2.27. The summed E-state index contributed by atoms with van der Waals surface area (Å²) in [7, 11) is 0. The summed E-state index contributed by atoms with van der Waals surface area (Å²) in [5.41, 5.74) is 0.797. The van der Waals surface area contributed by atoms with Gasteiger partial charge in [-0.15, -0.1) is 6.58 Å². The molecule has 0 aliphatic carbocycles. The third-order valence-electron chi connectivity index (χ3n) is 3.45. The molecule has 1 unspecified atom stereocenters. The fourth-order valence-corrected chi connectivity index (χ4v) is 2.05. The van der Waals surface area contributed by atoms with Gasteiger partial charge in [0.1, 0.15) is 0 Å². The molecule has 0 aliphatic rings. The van der Waals surface area contributed by atoms with Crippen LogP contribution in [0.3, 0.4) is 0 Å².